The summed E-state index contributed by atoms with van der Waals surface area (Å²) in [5, 5.41) is 6.73. The average molecular weight is 294 g/mol. The summed E-state index contributed by atoms with van der Waals surface area (Å²) < 4.78 is 4.87. The van der Waals surface area contributed by atoms with Gasteiger partial charge in [-0.25, -0.2) is 4.79 Å². The quantitative estimate of drug-likeness (QED) is 0.833. The maximum Gasteiger partial charge on any atom is 0.341 e. The Labute approximate surface area is 121 Å². The fraction of sp³-hybridized carbons (Fsp3) is 0.571. The number of methoxy groups -OCH3 is 1. The van der Waals surface area contributed by atoms with E-state index in [2.05, 4.69) is 10.6 Å². The van der Waals surface area contributed by atoms with Crippen LogP contribution in [-0.4, -0.2) is 31.6 Å². The van der Waals surface area contributed by atoms with Crippen molar-refractivity contribution in [2.24, 2.45) is 0 Å². The van der Waals surface area contributed by atoms with Gasteiger partial charge < -0.3 is 15.4 Å². The van der Waals surface area contributed by atoms with Crippen LogP contribution < -0.4 is 10.6 Å². The molecule has 108 valence electrons. The summed E-state index contributed by atoms with van der Waals surface area (Å²) in [6.07, 6.45) is 4.83. The van der Waals surface area contributed by atoms with Crippen LogP contribution in [0.4, 0.5) is 5.00 Å². The standard InChI is InChI=1S/C14H18N2O3S/c1-19-14(18)11-8-4-2-6-10(8)20-13(11)16-12(17)9-5-3-7-15-9/h9,15H,2-7H2,1H3,(H,16,17)/t9-/m0/s1. The summed E-state index contributed by atoms with van der Waals surface area (Å²) in [6, 6.07) is -0.141. The number of aryl methyl sites for hydroxylation is 1. The van der Waals surface area contributed by atoms with Crippen LogP contribution >= 0.6 is 11.3 Å². The second-order valence-electron chi connectivity index (χ2n) is 5.19. The van der Waals surface area contributed by atoms with Gasteiger partial charge in [0.25, 0.3) is 0 Å². The molecule has 5 nitrogen and oxygen atoms in total. The third-order valence-corrected chi connectivity index (χ3v) is 5.13. The fourth-order valence-corrected chi connectivity index (χ4v) is 4.20. The van der Waals surface area contributed by atoms with Crippen molar-refractivity contribution >= 4 is 28.2 Å². The van der Waals surface area contributed by atoms with Gasteiger partial charge in [0.15, 0.2) is 0 Å². The van der Waals surface area contributed by atoms with E-state index in [1.54, 1.807) is 0 Å². The summed E-state index contributed by atoms with van der Waals surface area (Å²) in [6.45, 7) is 0.878. The van der Waals surface area contributed by atoms with Crippen molar-refractivity contribution < 1.29 is 14.3 Å². The van der Waals surface area contributed by atoms with E-state index < -0.39 is 0 Å². The molecule has 20 heavy (non-hydrogen) atoms. The van der Waals surface area contributed by atoms with Crippen molar-refractivity contribution in [2.75, 3.05) is 19.0 Å². The molecule has 1 aliphatic carbocycles. The lowest BCUT2D eigenvalue weighted by Crippen LogP contribution is -2.35. The fourth-order valence-electron chi connectivity index (χ4n) is 2.92. The van der Waals surface area contributed by atoms with Gasteiger partial charge in [-0.2, -0.15) is 0 Å². The monoisotopic (exact) mass is 294 g/mol. The summed E-state index contributed by atoms with van der Waals surface area (Å²) in [4.78, 5) is 25.4. The zero-order valence-electron chi connectivity index (χ0n) is 11.5. The van der Waals surface area contributed by atoms with Crippen LogP contribution in [0.3, 0.4) is 0 Å². The third kappa shape index (κ3) is 2.33. The van der Waals surface area contributed by atoms with Crippen LogP contribution in [0.15, 0.2) is 0 Å². The molecule has 6 heteroatoms. The van der Waals surface area contributed by atoms with Gasteiger partial charge in [0.05, 0.1) is 18.7 Å². The Bertz CT molecular complexity index is 547. The van der Waals surface area contributed by atoms with E-state index in [0.717, 1.165) is 44.2 Å². The van der Waals surface area contributed by atoms with Crippen LogP contribution in [0.1, 0.15) is 40.1 Å². The lowest BCUT2D eigenvalue weighted by molar-refractivity contribution is -0.117. The number of ether oxygens (including phenoxy) is 1. The maximum absolute atomic E-state index is 12.2. The van der Waals surface area contributed by atoms with E-state index >= 15 is 0 Å². The minimum Gasteiger partial charge on any atom is -0.465 e. The first-order valence-electron chi connectivity index (χ1n) is 6.98. The molecular weight excluding hydrogens is 276 g/mol. The number of carbonyl (C=O) groups excluding carboxylic acids is 2. The SMILES string of the molecule is COC(=O)c1c(NC(=O)[C@@H]2CCCN2)sc2c1CCC2. The molecule has 0 aromatic carbocycles. The van der Waals surface area contributed by atoms with Gasteiger partial charge in [-0.05, 0) is 44.2 Å². The zero-order chi connectivity index (χ0) is 14.1. The van der Waals surface area contributed by atoms with Crippen LogP contribution in [-0.2, 0) is 22.4 Å². The number of esters is 1. The van der Waals surface area contributed by atoms with Crippen LogP contribution in [0, 0.1) is 0 Å². The van der Waals surface area contributed by atoms with Crippen LogP contribution in [0.2, 0.25) is 0 Å². The highest BCUT2D eigenvalue weighted by Gasteiger charge is 2.30. The van der Waals surface area contributed by atoms with Gasteiger partial charge in [-0.1, -0.05) is 0 Å². The Morgan fingerprint density at radius 1 is 1.35 bits per heavy atom. The second kappa shape index (κ2) is 5.54. The second-order valence-corrected chi connectivity index (χ2v) is 6.30. The van der Waals surface area contributed by atoms with Gasteiger partial charge in [-0.3, -0.25) is 4.79 Å². The molecule has 0 bridgehead atoms. The third-order valence-electron chi connectivity index (χ3n) is 3.92. The molecule has 1 aliphatic heterocycles. The lowest BCUT2D eigenvalue weighted by atomic mass is 10.1. The number of nitrogens with one attached hydrogen (secondary N) is 2. The predicted molar refractivity (Wildman–Crippen MR) is 77.3 cm³/mol. The van der Waals surface area contributed by atoms with Gasteiger partial charge in [0.2, 0.25) is 5.91 Å². The van der Waals surface area contributed by atoms with Crippen molar-refractivity contribution in [2.45, 2.75) is 38.1 Å². The van der Waals surface area contributed by atoms with E-state index in [1.807, 2.05) is 0 Å². The van der Waals surface area contributed by atoms with Crippen molar-refractivity contribution in [3.63, 3.8) is 0 Å². The number of amides is 1. The minimum atomic E-state index is -0.348. The van der Waals surface area contributed by atoms with Crippen LogP contribution in [0.25, 0.3) is 0 Å². The number of anilines is 1. The van der Waals surface area contributed by atoms with Crippen molar-refractivity contribution in [3.8, 4) is 0 Å². The van der Waals surface area contributed by atoms with Gasteiger partial charge in [0.1, 0.15) is 5.00 Å². The van der Waals surface area contributed by atoms with Crippen molar-refractivity contribution in [3.05, 3.63) is 16.0 Å². The smallest absolute Gasteiger partial charge is 0.341 e. The Morgan fingerprint density at radius 2 is 2.20 bits per heavy atom. The normalized spacial score (nSPS) is 20.8. The molecular formula is C14H18N2O3S. The molecule has 3 rings (SSSR count). The van der Waals surface area contributed by atoms with Gasteiger partial charge >= 0.3 is 5.97 Å². The Kier molecular flexibility index (Phi) is 3.76. The molecule has 2 aliphatic rings. The molecule has 1 aromatic heterocycles. The highest BCUT2D eigenvalue weighted by Crippen LogP contribution is 2.39. The summed E-state index contributed by atoms with van der Waals surface area (Å²) >= 11 is 1.52. The molecule has 0 radical (unpaired) electrons. The number of thiophene rings is 1. The van der Waals surface area contributed by atoms with Gasteiger partial charge in [0, 0.05) is 4.88 Å². The molecule has 0 spiro atoms. The highest BCUT2D eigenvalue weighted by molar-refractivity contribution is 7.17. The first-order valence-corrected chi connectivity index (χ1v) is 7.79. The summed E-state index contributed by atoms with van der Waals surface area (Å²) in [7, 11) is 1.38. The van der Waals surface area contributed by atoms with E-state index in [9.17, 15) is 9.59 Å². The van der Waals surface area contributed by atoms with Crippen LogP contribution in [0.5, 0.6) is 0 Å². The Hall–Kier alpha value is -1.40. The predicted octanol–water partition coefficient (Wildman–Crippen LogP) is 1.71. The van der Waals surface area contributed by atoms with E-state index in [0.29, 0.717) is 10.6 Å². The number of fused-ring (bicyclic) bond motifs is 1. The highest BCUT2D eigenvalue weighted by atomic mass is 32.1. The van der Waals surface area contributed by atoms with Crippen molar-refractivity contribution in [1.29, 1.82) is 0 Å². The number of rotatable bonds is 3. The van der Waals surface area contributed by atoms with E-state index in [-0.39, 0.29) is 17.9 Å². The van der Waals surface area contributed by atoms with Gasteiger partial charge in [-0.15, -0.1) is 11.3 Å². The molecule has 1 atom stereocenters. The van der Waals surface area contributed by atoms with Crippen molar-refractivity contribution in [1.82, 2.24) is 5.32 Å². The zero-order valence-corrected chi connectivity index (χ0v) is 12.3. The maximum atomic E-state index is 12.2. The molecule has 1 amide bonds. The molecule has 2 N–H and O–H groups in total. The topological polar surface area (TPSA) is 67.4 Å². The number of carbonyl (C=O) groups is 2. The first kappa shape index (κ1) is 13.6. The van der Waals surface area contributed by atoms with E-state index in [4.69, 9.17) is 4.74 Å². The molecule has 1 fully saturated rings. The molecule has 2 heterocycles. The summed E-state index contributed by atoms with van der Waals surface area (Å²) in [5.74, 6) is -0.397. The number of hydrogen-bond acceptors (Lipinski definition) is 5. The average Bonchev–Trinajstić information content (AvgIpc) is 3.13. The molecule has 1 saturated heterocycles. The lowest BCUT2D eigenvalue weighted by Gasteiger charge is -2.11. The molecule has 0 unspecified atom stereocenters. The van der Waals surface area contributed by atoms with E-state index in [1.165, 1.54) is 23.3 Å². The molecule has 1 aromatic rings. The number of hydrogen-bond donors (Lipinski definition) is 2. The first-order chi connectivity index (χ1) is 9.70. The summed E-state index contributed by atoms with van der Waals surface area (Å²) in [5.41, 5.74) is 1.63. The Morgan fingerprint density at radius 3 is 2.90 bits per heavy atom. The largest absolute Gasteiger partial charge is 0.465 e. The Balaban J connectivity index is 1.85. The minimum absolute atomic E-state index is 0.0485. The molecule has 0 saturated carbocycles.